The van der Waals surface area contributed by atoms with Gasteiger partial charge in [-0.15, -0.1) is 0 Å². The van der Waals surface area contributed by atoms with Gasteiger partial charge in [-0.05, 0) is 30.4 Å². The van der Waals surface area contributed by atoms with Gasteiger partial charge in [0.05, 0.1) is 5.39 Å². The van der Waals surface area contributed by atoms with Crippen molar-refractivity contribution in [3.8, 4) is 11.5 Å². The van der Waals surface area contributed by atoms with Crippen LogP contribution in [0.2, 0.25) is 0 Å². The first kappa shape index (κ1) is 12.3. The standard InChI is InChI=1S/C19H16O3/c20-16-9-12-19(18(16)10-1-2-11-18)21-14-7-3-5-13-6-4-8-15(22-19)17(13)14/h1-8H,9-12H2. The molecule has 0 N–H and O–H groups in total. The normalized spacial score (nSPS) is 23.2. The van der Waals surface area contributed by atoms with Crippen molar-refractivity contribution < 1.29 is 14.3 Å². The lowest BCUT2D eigenvalue weighted by atomic mass is 9.77. The first-order valence-electron chi connectivity index (χ1n) is 7.82. The molecule has 0 atom stereocenters. The second-order valence-electron chi connectivity index (χ2n) is 6.45. The van der Waals surface area contributed by atoms with Crippen LogP contribution in [0.3, 0.4) is 0 Å². The summed E-state index contributed by atoms with van der Waals surface area (Å²) in [6, 6.07) is 12.1. The van der Waals surface area contributed by atoms with E-state index in [2.05, 4.69) is 24.3 Å². The highest BCUT2D eigenvalue weighted by atomic mass is 16.7. The molecule has 2 aromatic carbocycles. The smallest absolute Gasteiger partial charge is 0.264 e. The largest absolute Gasteiger partial charge is 0.450 e. The molecule has 1 heterocycles. The molecular weight excluding hydrogens is 276 g/mol. The lowest BCUT2D eigenvalue weighted by Crippen LogP contribution is -2.55. The van der Waals surface area contributed by atoms with E-state index in [1.807, 2.05) is 24.3 Å². The van der Waals surface area contributed by atoms with Crippen LogP contribution in [0.1, 0.15) is 25.7 Å². The van der Waals surface area contributed by atoms with Crippen LogP contribution in [0.5, 0.6) is 11.5 Å². The molecule has 1 fully saturated rings. The Morgan fingerprint density at radius 1 is 0.909 bits per heavy atom. The van der Waals surface area contributed by atoms with E-state index in [9.17, 15) is 4.79 Å². The molecule has 2 aliphatic carbocycles. The predicted octanol–water partition coefficient (Wildman–Crippen LogP) is 4.01. The number of ketones is 1. The topological polar surface area (TPSA) is 35.5 Å². The van der Waals surface area contributed by atoms with Crippen LogP contribution in [-0.2, 0) is 4.79 Å². The van der Waals surface area contributed by atoms with Gasteiger partial charge in [0.1, 0.15) is 22.7 Å². The molecule has 1 aliphatic heterocycles. The Morgan fingerprint density at radius 2 is 1.55 bits per heavy atom. The van der Waals surface area contributed by atoms with Crippen molar-refractivity contribution in [2.75, 3.05) is 0 Å². The van der Waals surface area contributed by atoms with Gasteiger partial charge in [0.15, 0.2) is 0 Å². The van der Waals surface area contributed by atoms with Crippen LogP contribution in [0.25, 0.3) is 10.8 Å². The summed E-state index contributed by atoms with van der Waals surface area (Å²) in [6.45, 7) is 0. The minimum absolute atomic E-state index is 0.268. The zero-order chi connectivity index (χ0) is 14.8. The second-order valence-corrected chi connectivity index (χ2v) is 6.45. The van der Waals surface area contributed by atoms with Crippen LogP contribution in [-0.4, -0.2) is 11.6 Å². The van der Waals surface area contributed by atoms with Gasteiger partial charge in [-0.3, -0.25) is 4.79 Å². The lowest BCUT2D eigenvalue weighted by molar-refractivity contribution is -0.187. The van der Waals surface area contributed by atoms with Crippen LogP contribution < -0.4 is 9.47 Å². The van der Waals surface area contributed by atoms with Gasteiger partial charge in [-0.2, -0.15) is 0 Å². The van der Waals surface area contributed by atoms with E-state index in [4.69, 9.17) is 9.47 Å². The summed E-state index contributed by atoms with van der Waals surface area (Å²) < 4.78 is 12.8. The summed E-state index contributed by atoms with van der Waals surface area (Å²) in [5, 5.41) is 2.11. The number of carbonyl (C=O) groups is 1. The van der Waals surface area contributed by atoms with Gasteiger partial charge in [0.2, 0.25) is 0 Å². The molecule has 0 unspecified atom stereocenters. The van der Waals surface area contributed by atoms with Gasteiger partial charge in [0.25, 0.3) is 5.79 Å². The molecular formula is C19H16O3. The minimum Gasteiger partial charge on any atom is -0.450 e. The Labute approximate surface area is 128 Å². The molecule has 3 heteroatoms. The Hall–Kier alpha value is -2.29. The highest BCUT2D eigenvalue weighted by molar-refractivity contribution is 5.95. The number of fused-ring (bicyclic) bond motifs is 1. The van der Waals surface area contributed by atoms with Gasteiger partial charge in [-0.1, -0.05) is 36.4 Å². The SMILES string of the molecule is O=C1CCC2(Oc3cccc4cccc(c34)O2)C12CC=CC2. The quantitative estimate of drug-likeness (QED) is 0.688. The van der Waals surface area contributed by atoms with Crippen molar-refractivity contribution >= 4 is 16.6 Å². The number of rotatable bonds is 0. The minimum atomic E-state index is -0.851. The molecule has 3 aliphatic rings. The number of Topliss-reactive ketones (excluding diaryl/α,β-unsaturated/α-hetero) is 1. The average Bonchev–Trinajstić information content (AvgIpc) is 3.12. The molecule has 2 spiro atoms. The van der Waals surface area contributed by atoms with Crippen molar-refractivity contribution in [2.24, 2.45) is 5.41 Å². The van der Waals surface area contributed by atoms with Gasteiger partial charge in [-0.25, -0.2) is 0 Å². The van der Waals surface area contributed by atoms with E-state index < -0.39 is 11.2 Å². The maximum absolute atomic E-state index is 12.6. The zero-order valence-electron chi connectivity index (χ0n) is 12.2. The summed E-state index contributed by atoms with van der Waals surface area (Å²) >= 11 is 0. The van der Waals surface area contributed by atoms with Crippen LogP contribution in [0, 0.1) is 5.41 Å². The molecule has 0 saturated heterocycles. The van der Waals surface area contributed by atoms with Crippen molar-refractivity contribution in [2.45, 2.75) is 31.5 Å². The molecule has 0 aromatic heterocycles. The fraction of sp³-hybridized carbons (Fsp3) is 0.316. The molecule has 0 bridgehead atoms. The second kappa shape index (κ2) is 3.92. The summed E-state index contributed by atoms with van der Waals surface area (Å²) in [5.41, 5.74) is -0.553. The number of carbonyl (C=O) groups excluding carboxylic acids is 1. The Balaban J connectivity index is 1.72. The van der Waals surface area contributed by atoms with Gasteiger partial charge >= 0.3 is 0 Å². The van der Waals surface area contributed by atoms with Crippen molar-refractivity contribution in [3.05, 3.63) is 48.6 Å². The number of allylic oxidation sites excluding steroid dienone is 2. The maximum atomic E-state index is 12.6. The average molecular weight is 292 g/mol. The number of hydrogen-bond donors (Lipinski definition) is 0. The third kappa shape index (κ3) is 1.30. The summed E-state index contributed by atoms with van der Waals surface area (Å²) in [6.07, 6.45) is 6.74. The molecule has 5 rings (SSSR count). The number of benzene rings is 2. The lowest BCUT2D eigenvalue weighted by Gasteiger charge is -2.44. The third-order valence-corrected chi connectivity index (χ3v) is 5.42. The van der Waals surface area contributed by atoms with Gasteiger partial charge < -0.3 is 9.47 Å². The fourth-order valence-corrected chi connectivity index (χ4v) is 4.28. The molecule has 22 heavy (non-hydrogen) atoms. The van der Waals surface area contributed by atoms with Crippen LogP contribution in [0.4, 0.5) is 0 Å². The third-order valence-electron chi connectivity index (χ3n) is 5.42. The Kier molecular flexibility index (Phi) is 2.18. The molecule has 3 nitrogen and oxygen atoms in total. The molecule has 1 saturated carbocycles. The first-order chi connectivity index (χ1) is 10.7. The number of hydrogen-bond acceptors (Lipinski definition) is 3. The van der Waals surface area contributed by atoms with Crippen LogP contribution >= 0.6 is 0 Å². The van der Waals surface area contributed by atoms with E-state index in [0.717, 1.165) is 22.3 Å². The monoisotopic (exact) mass is 292 g/mol. The zero-order valence-corrected chi connectivity index (χ0v) is 12.2. The van der Waals surface area contributed by atoms with Gasteiger partial charge in [0, 0.05) is 12.8 Å². The van der Waals surface area contributed by atoms with E-state index in [-0.39, 0.29) is 5.78 Å². The summed E-state index contributed by atoms with van der Waals surface area (Å²) in [4.78, 5) is 12.6. The molecule has 0 radical (unpaired) electrons. The van der Waals surface area contributed by atoms with Crippen molar-refractivity contribution in [1.29, 1.82) is 0 Å². The maximum Gasteiger partial charge on any atom is 0.264 e. The van der Waals surface area contributed by atoms with Crippen molar-refractivity contribution in [3.63, 3.8) is 0 Å². The fourth-order valence-electron chi connectivity index (χ4n) is 4.28. The van der Waals surface area contributed by atoms with E-state index in [0.29, 0.717) is 25.7 Å². The molecule has 110 valence electrons. The predicted molar refractivity (Wildman–Crippen MR) is 83.0 cm³/mol. The van der Waals surface area contributed by atoms with Crippen molar-refractivity contribution in [1.82, 2.24) is 0 Å². The Morgan fingerprint density at radius 3 is 2.18 bits per heavy atom. The van der Waals surface area contributed by atoms with E-state index in [1.165, 1.54) is 0 Å². The first-order valence-corrected chi connectivity index (χ1v) is 7.82. The highest BCUT2D eigenvalue weighted by Gasteiger charge is 2.65. The van der Waals surface area contributed by atoms with Crippen LogP contribution in [0.15, 0.2) is 48.6 Å². The Bertz CT molecular complexity index is 785. The highest BCUT2D eigenvalue weighted by Crippen LogP contribution is 2.57. The van der Waals surface area contributed by atoms with E-state index in [1.54, 1.807) is 0 Å². The van der Waals surface area contributed by atoms with E-state index >= 15 is 0 Å². The summed E-state index contributed by atoms with van der Waals surface area (Å²) in [5.74, 6) is 1.08. The molecule has 0 amide bonds. The molecule has 2 aromatic rings. The number of ether oxygens (including phenoxy) is 2. The summed E-state index contributed by atoms with van der Waals surface area (Å²) in [7, 11) is 0.